The summed E-state index contributed by atoms with van der Waals surface area (Å²) in [4.78, 5) is 25.6. The molecule has 0 atom stereocenters. The normalized spacial score (nSPS) is 17.1. The van der Waals surface area contributed by atoms with E-state index in [4.69, 9.17) is 4.74 Å². The van der Waals surface area contributed by atoms with Crippen molar-refractivity contribution >= 4 is 17.7 Å². The van der Waals surface area contributed by atoms with E-state index in [9.17, 15) is 9.59 Å². The lowest BCUT2D eigenvalue weighted by Crippen LogP contribution is -2.33. The van der Waals surface area contributed by atoms with E-state index in [1.165, 1.54) is 0 Å². The van der Waals surface area contributed by atoms with Crippen LogP contribution in [0.3, 0.4) is 0 Å². The zero-order valence-electron chi connectivity index (χ0n) is 13.3. The summed E-state index contributed by atoms with van der Waals surface area (Å²) in [6.07, 6.45) is 1.68. The highest BCUT2D eigenvalue weighted by Gasteiger charge is 2.30. The summed E-state index contributed by atoms with van der Waals surface area (Å²) in [6, 6.07) is 5.83. The Bertz CT molecular complexity index is 615. The Morgan fingerprint density at radius 2 is 1.86 bits per heavy atom. The van der Waals surface area contributed by atoms with Crippen LogP contribution in [-0.2, 0) is 22.6 Å². The number of hydrogen-bond acceptors (Lipinski definition) is 3. The van der Waals surface area contributed by atoms with Crippen molar-refractivity contribution in [3.63, 3.8) is 0 Å². The number of benzene rings is 1. The third-order valence-corrected chi connectivity index (χ3v) is 3.80. The molecule has 1 saturated carbocycles. The minimum absolute atomic E-state index is 0.0990. The highest BCUT2D eigenvalue weighted by Crippen LogP contribution is 2.31. The van der Waals surface area contributed by atoms with Gasteiger partial charge in [0.15, 0.2) is 0 Å². The summed E-state index contributed by atoms with van der Waals surface area (Å²) in [6.45, 7) is 6.66. The van der Waals surface area contributed by atoms with Crippen molar-refractivity contribution in [1.29, 1.82) is 0 Å². The molecule has 2 aliphatic rings. The molecule has 1 fully saturated rings. The molecule has 0 bridgehead atoms. The van der Waals surface area contributed by atoms with E-state index in [1.807, 2.05) is 39.0 Å². The van der Waals surface area contributed by atoms with E-state index in [1.54, 1.807) is 4.90 Å². The van der Waals surface area contributed by atoms with E-state index < -0.39 is 5.60 Å². The first-order chi connectivity index (χ1) is 10.3. The van der Waals surface area contributed by atoms with Crippen molar-refractivity contribution in [3.8, 4) is 0 Å². The van der Waals surface area contributed by atoms with Gasteiger partial charge in [-0.15, -0.1) is 0 Å². The third-order valence-electron chi connectivity index (χ3n) is 3.80. The second-order valence-electron chi connectivity index (χ2n) is 7.08. The predicted molar refractivity (Wildman–Crippen MR) is 83.3 cm³/mol. The minimum Gasteiger partial charge on any atom is -0.444 e. The standard InChI is InChI=1S/C17H22N2O3/c1-17(2,3)22-16(21)19-9-12-6-7-14(8-13(12)10-19)18-15(20)11-4-5-11/h6-8,11H,4-5,9-10H2,1-3H3,(H,18,20). The first kappa shape index (κ1) is 14.9. The van der Waals surface area contributed by atoms with Gasteiger partial charge in [0.1, 0.15) is 5.60 Å². The van der Waals surface area contributed by atoms with Crippen molar-refractivity contribution in [2.24, 2.45) is 5.92 Å². The van der Waals surface area contributed by atoms with Gasteiger partial charge in [0.25, 0.3) is 0 Å². The number of carbonyl (C=O) groups is 2. The molecular weight excluding hydrogens is 280 g/mol. The Labute approximate surface area is 130 Å². The lowest BCUT2D eigenvalue weighted by atomic mass is 10.1. The molecule has 1 aromatic rings. The van der Waals surface area contributed by atoms with Gasteiger partial charge in [-0.05, 0) is 56.9 Å². The Morgan fingerprint density at radius 3 is 2.50 bits per heavy atom. The van der Waals surface area contributed by atoms with Crippen LogP contribution in [0.15, 0.2) is 18.2 Å². The lowest BCUT2D eigenvalue weighted by Gasteiger charge is -2.24. The van der Waals surface area contributed by atoms with Crippen LogP contribution in [0.1, 0.15) is 44.7 Å². The average molecular weight is 302 g/mol. The Kier molecular flexibility index (Phi) is 3.59. The lowest BCUT2D eigenvalue weighted by molar-refractivity contribution is -0.117. The van der Waals surface area contributed by atoms with Gasteiger partial charge in [0, 0.05) is 24.7 Å². The van der Waals surface area contributed by atoms with Crippen molar-refractivity contribution in [1.82, 2.24) is 4.90 Å². The maximum Gasteiger partial charge on any atom is 0.410 e. The number of ether oxygens (including phenoxy) is 1. The molecule has 0 radical (unpaired) electrons. The molecule has 3 rings (SSSR count). The largest absolute Gasteiger partial charge is 0.444 e. The first-order valence-electron chi connectivity index (χ1n) is 7.72. The van der Waals surface area contributed by atoms with E-state index in [0.29, 0.717) is 13.1 Å². The molecule has 0 unspecified atom stereocenters. The van der Waals surface area contributed by atoms with Gasteiger partial charge in [-0.3, -0.25) is 9.69 Å². The molecular formula is C17H22N2O3. The fourth-order valence-electron chi connectivity index (χ4n) is 2.52. The van der Waals surface area contributed by atoms with Crippen LogP contribution in [0.2, 0.25) is 0 Å². The van der Waals surface area contributed by atoms with Gasteiger partial charge in [-0.25, -0.2) is 4.79 Å². The van der Waals surface area contributed by atoms with Crippen LogP contribution >= 0.6 is 0 Å². The van der Waals surface area contributed by atoms with Crippen LogP contribution < -0.4 is 5.32 Å². The fourth-order valence-corrected chi connectivity index (χ4v) is 2.52. The zero-order chi connectivity index (χ0) is 15.9. The van der Waals surface area contributed by atoms with Gasteiger partial charge < -0.3 is 10.1 Å². The van der Waals surface area contributed by atoms with Gasteiger partial charge in [-0.2, -0.15) is 0 Å². The van der Waals surface area contributed by atoms with Gasteiger partial charge in [-0.1, -0.05) is 6.07 Å². The number of fused-ring (bicyclic) bond motifs is 1. The van der Waals surface area contributed by atoms with E-state index in [-0.39, 0.29) is 17.9 Å². The van der Waals surface area contributed by atoms with Gasteiger partial charge in [0.05, 0.1) is 0 Å². The second kappa shape index (κ2) is 5.30. The van der Waals surface area contributed by atoms with Crippen LogP contribution in [0, 0.1) is 5.92 Å². The second-order valence-corrected chi connectivity index (χ2v) is 7.08. The number of nitrogens with one attached hydrogen (secondary N) is 1. The van der Waals surface area contributed by atoms with Crippen molar-refractivity contribution < 1.29 is 14.3 Å². The minimum atomic E-state index is -0.491. The monoisotopic (exact) mass is 302 g/mol. The van der Waals surface area contributed by atoms with Crippen molar-refractivity contribution in [2.75, 3.05) is 5.32 Å². The summed E-state index contributed by atoms with van der Waals surface area (Å²) in [5, 5.41) is 2.94. The number of nitrogens with zero attached hydrogens (tertiary/aromatic N) is 1. The number of carbonyl (C=O) groups excluding carboxylic acids is 2. The summed E-state index contributed by atoms with van der Waals surface area (Å²) in [7, 11) is 0. The van der Waals surface area contributed by atoms with Gasteiger partial charge in [0.2, 0.25) is 5.91 Å². The highest BCUT2D eigenvalue weighted by molar-refractivity contribution is 5.94. The predicted octanol–water partition coefficient (Wildman–Crippen LogP) is 3.29. The van der Waals surface area contributed by atoms with Crippen molar-refractivity contribution in [2.45, 2.75) is 52.3 Å². The molecule has 0 aromatic heterocycles. The molecule has 0 saturated heterocycles. The van der Waals surface area contributed by atoms with Crippen LogP contribution in [0.4, 0.5) is 10.5 Å². The molecule has 5 nitrogen and oxygen atoms in total. The number of anilines is 1. The molecule has 2 amide bonds. The number of rotatable bonds is 2. The summed E-state index contributed by atoms with van der Waals surface area (Å²) < 4.78 is 5.40. The summed E-state index contributed by atoms with van der Waals surface area (Å²) in [5.41, 5.74) is 2.49. The quantitative estimate of drug-likeness (QED) is 0.912. The molecule has 1 aliphatic heterocycles. The third kappa shape index (κ3) is 3.40. The molecule has 5 heteroatoms. The maximum absolute atomic E-state index is 12.1. The molecule has 1 aliphatic carbocycles. The highest BCUT2D eigenvalue weighted by atomic mass is 16.6. The maximum atomic E-state index is 12.1. The number of amides is 2. The van der Waals surface area contributed by atoms with Crippen LogP contribution in [0.5, 0.6) is 0 Å². The smallest absolute Gasteiger partial charge is 0.410 e. The van der Waals surface area contributed by atoms with Crippen LogP contribution in [0.25, 0.3) is 0 Å². The molecule has 22 heavy (non-hydrogen) atoms. The van der Waals surface area contributed by atoms with E-state index in [0.717, 1.165) is 29.7 Å². The Balaban J connectivity index is 1.65. The summed E-state index contributed by atoms with van der Waals surface area (Å²) >= 11 is 0. The topological polar surface area (TPSA) is 58.6 Å². The first-order valence-corrected chi connectivity index (χ1v) is 7.72. The molecule has 1 N–H and O–H groups in total. The zero-order valence-corrected chi connectivity index (χ0v) is 13.3. The van der Waals surface area contributed by atoms with E-state index >= 15 is 0 Å². The fraction of sp³-hybridized carbons (Fsp3) is 0.529. The molecule has 1 heterocycles. The molecule has 1 aromatic carbocycles. The van der Waals surface area contributed by atoms with Crippen molar-refractivity contribution in [3.05, 3.63) is 29.3 Å². The number of hydrogen-bond donors (Lipinski definition) is 1. The van der Waals surface area contributed by atoms with Crippen LogP contribution in [-0.4, -0.2) is 22.5 Å². The van der Waals surface area contributed by atoms with E-state index in [2.05, 4.69) is 5.32 Å². The summed E-state index contributed by atoms with van der Waals surface area (Å²) in [5.74, 6) is 0.286. The van der Waals surface area contributed by atoms with Gasteiger partial charge >= 0.3 is 6.09 Å². The molecule has 0 spiro atoms. The molecule has 118 valence electrons. The average Bonchev–Trinajstić information content (AvgIpc) is 3.16. The Morgan fingerprint density at radius 1 is 1.18 bits per heavy atom. The Hall–Kier alpha value is -2.04. The SMILES string of the molecule is CC(C)(C)OC(=O)N1Cc2ccc(NC(=O)C3CC3)cc2C1.